The third-order valence-electron chi connectivity index (χ3n) is 3.28. The zero-order valence-corrected chi connectivity index (χ0v) is 9.79. The van der Waals surface area contributed by atoms with Crippen molar-refractivity contribution in [2.75, 3.05) is 6.54 Å². The van der Waals surface area contributed by atoms with E-state index in [-0.39, 0.29) is 18.3 Å². The van der Waals surface area contributed by atoms with E-state index in [4.69, 9.17) is 0 Å². The van der Waals surface area contributed by atoms with E-state index in [9.17, 15) is 14.3 Å². The van der Waals surface area contributed by atoms with E-state index in [2.05, 4.69) is 5.32 Å². The number of rotatable bonds is 3. The average Bonchev–Trinajstić information content (AvgIpc) is 2.27. The second kappa shape index (κ2) is 4.45. The summed E-state index contributed by atoms with van der Waals surface area (Å²) in [7, 11) is 0. The van der Waals surface area contributed by atoms with Crippen LogP contribution < -0.4 is 5.32 Å². The Labute approximate surface area is 99.7 Å². The number of hydrogen-bond acceptors (Lipinski definition) is 2. The van der Waals surface area contributed by atoms with Gasteiger partial charge in [-0.1, -0.05) is 0 Å². The van der Waals surface area contributed by atoms with Crippen molar-refractivity contribution in [3.8, 4) is 0 Å². The standard InChI is InChI=1S/C13H16FNO2/c1-9-7-10(3-4-11(9)14)12(16)15-8-13(17)5-2-6-13/h3-4,7,17H,2,5-6,8H2,1H3,(H,15,16). The van der Waals surface area contributed by atoms with Gasteiger partial charge in [-0.15, -0.1) is 0 Å². The summed E-state index contributed by atoms with van der Waals surface area (Å²) in [6, 6.07) is 4.24. The maximum absolute atomic E-state index is 13.0. The van der Waals surface area contributed by atoms with Crippen molar-refractivity contribution in [3.63, 3.8) is 0 Å². The first-order valence-electron chi connectivity index (χ1n) is 5.77. The third kappa shape index (κ3) is 2.64. The Morgan fingerprint density at radius 1 is 1.53 bits per heavy atom. The number of carbonyl (C=O) groups is 1. The topological polar surface area (TPSA) is 49.3 Å². The van der Waals surface area contributed by atoms with Crippen LogP contribution >= 0.6 is 0 Å². The van der Waals surface area contributed by atoms with Crippen LogP contribution in [0.4, 0.5) is 4.39 Å². The van der Waals surface area contributed by atoms with Crippen LogP contribution in [0.5, 0.6) is 0 Å². The number of hydrogen-bond donors (Lipinski definition) is 2. The predicted octanol–water partition coefficient (Wildman–Crippen LogP) is 1.78. The maximum atomic E-state index is 13.0. The number of nitrogens with one attached hydrogen (secondary N) is 1. The minimum absolute atomic E-state index is 0.266. The van der Waals surface area contributed by atoms with Crippen molar-refractivity contribution in [1.29, 1.82) is 0 Å². The van der Waals surface area contributed by atoms with E-state index in [1.165, 1.54) is 18.2 Å². The Bertz CT molecular complexity index is 441. The molecule has 0 aromatic heterocycles. The van der Waals surface area contributed by atoms with Crippen molar-refractivity contribution in [2.24, 2.45) is 0 Å². The van der Waals surface area contributed by atoms with Gasteiger partial charge in [-0.25, -0.2) is 4.39 Å². The fourth-order valence-electron chi connectivity index (χ4n) is 1.89. The summed E-state index contributed by atoms with van der Waals surface area (Å²) in [5, 5.41) is 12.5. The molecule has 3 nitrogen and oxygen atoms in total. The Kier molecular flexibility index (Phi) is 3.15. The first kappa shape index (κ1) is 12.0. The first-order valence-corrected chi connectivity index (χ1v) is 5.77. The van der Waals surface area contributed by atoms with Gasteiger partial charge in [-0.3, -0.25) is 4.79 Å². The number of halogens is 1. The van der Waals surface area contributed by atoms with Gasteiger partial charge >= 0.3 is 0 Å². The predicted molar refractivity (Wildman–Crippen MR) is 62.3 cm³/mol. The molecule has 1 aromatic rings. The molecular weight excluding hydrogens is 221 g/mol. The highest BCUT2D eigenvalue weighted by Crippen LogP contribution is 2.30. The zero-order valence-electron chi connectivity index (χ0n) is 9.79. The molecule has 1 aromatic carbocycles. The molecule has 1 amide bonds. The van der Waals surface area contributed by atoms with Crippen LogP contribution in [0.3, 0.4) is 0 Å². The SMILES string of the molecule is Cc1cc(C(=O)NCC2(O)CCC2)ccc1F. The van der Waals surface area contributed by atoms with Crippen molar-refractivity contribution in [3.05, 3.63) is 35.1 Å². The van der Waals surface area contributed by atoms with Gasteiger partial charge in [0.1, 0.15) is 5.82 Å². The molecule has 0 atom stereocenters. The van der Waals surface area contributed by atoms with Crippen LogP contribution in [0, 0.1) is 12.7 Å². The second-order valence-electron chi connectivity index (χ2n) is 4.72. The number of aryl methyl sites for hydroxylation is 1. The first-order chi connectivity index (χ1) is 8.00. The van der Waals surface area contributed by atoms with E-state index >= 15 is 0 Å². The lowest BCUT2D eigenvalue weighted by Crippen LogP contribution is -2.47. The number of carbonyl (C=O) groups excluding carboxylic acids is 1. The highest BCUT2D eigenvalue weighted by molar-refractivity contribution is 5.94. The van der Waals surface area contributed by atoms with Gasteiger partial charge in [0.15, 0.2) is 0 Å². The Morgan fingerprint density at radius 2 is 2.24 bits per heavy atom. The Balaban J connectivity index is 1.97. The molecule has 1 saturated carbocycles. The smallest absolute Gasteiger partial charge is 0.251 e. The van der Waals surface area contributed by atoms with Crippen molar-refractivity contribution >= 4 is 5.91 Å². The van der Waals surface area contributed by atoms with Gasteiger partial charge in [0.2, 0.25) is 0 Å². The van der Waals surface area contributed by atoms with Gasteiger partial charge in [0.05, 0.1) is 5.60 Å². The summed E-state index contributed by atoms with van der Waals surface area (Å²) in [6.45, 7) is 1.88. The molecule has 0 saturated heterocycles. The molecule has 0 aliphatic heterocycles. The highest BCUT2D eigenvalue weighted by atomic mass is 19.1. The Morgan fingerprint density at radius 3 is 2.76 bits per heavy atom. The van der Waals surface area contributed by atoms with Gasteiger partial charge < -0.3 is 10.4 Å². The van der Waals surface area contributed by atoms with Gasteiger partial charge in [0.25, 0.3) is 5.91 Å². The molecule has 0 bridgehead atoms. The molecule has 0 radical (unpaired) electrons. The van der Waals surface area contributed by atoms with Crippen molar-refractivity contribution < 1.29 is 14.3 Å². The van der Waals surface area contributed by atoms with Gasteiger partial charge in [-0.05, 0) is 49.9 Å². The lowest BCUT2D eigenvalue weighted by molar-refractivity contribution is -0.0300. The fourth-order valence-corrected chi connectivity index (χ4v) is 1.89. The molecule has 92 valence electrons. The molecule has 0 spiro atoms. The van der Waals surface area contributed by atoms with Crippen LogP contribution in [0.25, 0.3) is 0 Å². The molecule has 0 heterocycles. The Hall–Kier alpha value is -1.42. The summed E-state index contributed by atoms with van der Waals surface area (Å²) in [5.41, 5.74) is 0.136. The molecule has 0 unspecified atom stereocenters. The quantitative estimate of drug-likeness (QED) is 0.841. The van der Waals surface area contributed by atoms with E-state index < -0.39 is 5.60 Å². The van der Waals surface area contributed by atoms with E-state index in [1.54, 1.807) is 6.92 Å². The normalized spacial score (nSPS) is 17.4. The molecule has 1 fully saturated rings. The zero-order chi connectivity index (χ0) is 12.5. The van der Waals surface area contributed by atoms with Crippen molar-refractivity contribution in [2.45, 2.75) is 31.8 Å². The summed E-state index contributed by atoms with van der Waals surface area (Å²) in [5.74, 6) is -0.590. The number of aliphatic hydroxyl groups is 1. The molecule has 4 heteroatoms. The van der Waals surface area contributed by atoms with Crippen LogP contribution in [-0.4, -0.2) is 23.2 Å². The monoisotopic (exact) mass is 237 g/mol. The van der Waals surface area contributed by atoms with E-state index in [0.29, 0.717) is 11.1 Å². The largest absolute Gasteiger partial charge is 0.388 e. The summed E-state index contributed by atoms with van der Waals surface area (Å²) >= 11 is 0. The fraction of sp³-hybridized carbons (Fsp3) is 0.462. The molecule has 17 heavy (non-hydrogen) atoms. The maximum Gasteiger partial charge on any atom is 0.251 e. The molecule has 1 aliphatic rings. The lowest BCUT2D eigenvalue weighted by atomic mass is 9.80. The van der Waals surface area contributed by atoms with E-state index in [1.807, 2.05) is 0 Å². The number of amides is 1. The number of benzene rings is 1. The summed E-state index contributed by atoms with van der Waals surface area (Å²) in [6.07, 6.45) is 2.47. The van der Waals surface area contributed by atoms with E-state index in [0.717, 1.165) is 19.3 Å². The lowest BCUT2D eigenvalue weighted by Gasteiger charge is -2.36. The van der Waals surface area contributed by atoms with Crippen LogP contribution in [-0.2, 0) is 0 Å². The van der Waals surface area contributed by atoms with Crippen LogP contribution in [0.1, 0.15) is 35.2 Å². The van der Waals surface area contributed by atoms with Crippen LogP contribution in [0.15, 0.2) is 18.2 Å². The van der Waals surface area contributed by atoms with Gasteiger partial charge in [-0.2, -0.15) is 0 Å². The van der Waals surface area contributed by atoms with Crippen molar-refractivity contribution in [1.82, 2.24) is 5.32 Å². The molecule has 2 rings (SSSR count). The highest BCUT2D eigenvalue weighted by Gasteiger charge is 2.34. The minimum Gasteiger partial charge on any atom is -0.388 e. The van der Waals surface area contributed by atoms with Gasteiger partial charge in [0, 0.05) is 12.1 Å². The average molecular weight is 237 g/mol. The second-order valence-corrected chi connectivity index (χ2v) is 4.72. The molecule has 2 N–H and O–H groups in total. The molecular formula is C13H16FNO2. The van der Waals surface area contributed by atoms with Crippen LogP contribution in [0.2, 0.25) is 0 Å². The third-order valence-corrected chi connectivity index (χ3v) is 3.28. The summed E-state index contributed by atoms with van der Waals surface area (Å²) < 4.78 is 13.0. The summed E-state index contributed by atoms with van der Waals surface area (Å²) in [4.78, 5) is 11.8. The minimum atomic E-state index is -0.731. The molecule has 1 aliphatic carbocycles.